The summed E-state index contributed by atoms with van der Waals surface area (Å²) in [7, 11) is 0. The summed E-state index contributed by atoms with van der Waals surface area (Å²) in [6, 6.07) is 0. The van der Waals surface area contributed by atoms with Gasteiger partial charge in [0.2, 0.25) is 0 Å². The molecule has 3 heterocycles. The van der Waals surface area contributed by atoms with Crippen LogP contribution in [0.3, 0.4) is 0 Å². The van der Waals surface area contributed by atoms with Crippen molar-refractivity contribution in [2.75, 3.05) is 0 Å². The first-order chi connectivity index (χ1) is 14.8. The van der Waals surface area contributed by atoms with Crippen LogP contribution in [-0.4, -0.2) is 29.9 Å². The highest BCUT2D eigenvalue weighted by atomic mass is 14.8. The van der Waals surface area contributed by atoms with Gasteiger partial charge < -0.3 is 0 Å². The van der Waals surface area contributed by atoms with Gasteiger partial charge in [-0.05, 0) is 52.8 Å². The van der Waals surface area contributed by atoms with Crippen LogP contribution in [0.5, 0.6) is 0 Å². The fourth-order valence-corrected chi connectivity index (χ4v) is 2.14. The van der Waals surface area contributed by atoms with Gasteiger partial charge in [0, 0.05) is 18.6 Å². The SMILES string of the molecule is C=Cc1cncc(C)n1.C=Cc1nc(C)cnc1C.C=Cc1ncc(C)nc1C.CC. The Bertz CT molecular complexity index is 979. The minimum atomic E-state index is 0.829. The highest BCUT2D eigenvalue weighted by Crippen LogP contribution is 2.03. The number of rotatable bonds is 3. The van der Waals surface area contributed by atoms with Gasteiger partial charge in [0.05, 0.1) is 51.7 Å². The number of hydrogen-bond acceptors (Lipinski definition) is 6. The van der Waals surface area contributed by atoms with Crippen LogP contribution in [0.15, 0.2) is 44.5 Å². The van der Waals surface area contributed by atoms with E-state index in [1.807, 2.05) is 48.5 Å². The predicted molar refractivity (Wildman–Crippen MR) is 131 cm³/mol. The Morgan fingerprint density at radius 3 is 1.58 bits per heavy atom. The Balaban J connectivity index is 0.000000419. The molecule has 3 rings (SSSR count). The van der Waals surface area contributed by atoms with Gasteiger partial charge in [-0.15, -0.1) is 0 Å². The summed E-state index contributed by atoms with van der Waals surface area (Å²) in [5.74, 6) is 0. The lowest BCUT2D eigenvalue weighted by Crippen LogP contribution is -1.92. The van der Waals surface area contributed by atoms with Crippen molar-refractivity contribution in [3.63, 3.8) is 0 Å². The van der Waals surface area contributed by atoms with E-state index in [0.29, 0.717) is 0 Å². The minimum absolute atomic E-state index is 0.829. The molecule has 0 spiro atoms. The molecular weight excluding hydrogens is 384 g/mol. The molecule has 0 saturated carbocycles. The molecule has 6 nitrogen and oxygen atoms in total. The molecule has 3 aromatic rings. The van der Waals surface area contributed by atoms with Crippen molar-refractivity contribution in [3.05, 3.63) is 90.1 Å². The summed E-state index contributed by atoms with van der Waals surface area (Å²) < 4.78 is 0. The van der Waals surface area contributed by atoms with E-state index in [9.17, 15) is 0 Å². The van der Waals surface area contributed by atoms with Gasteiger partial charge in [-0.25, -0.2) is 0 Å². The maximum atomic E-state index is 4.21. The van der Waals surface area contributed by atoms with Gasteiger partial charge in [-0.1, -0.05) is 33.6 Å². The third kappa shape index (κ3) is 10.7. The Hall–Kier alpha value is -3.54. The molecule has 0 N–H and O–H groups in total. The van der Waals surface area contributed by atoms with E-state index in [0.717, 1.165) is 45.6 Å². The largest absolute Gasteiger partial charge is 0.261 e. The predicted octanol–water partition coefficient (Wildman–Crippen LogP) is 5.93. The maximum Gasteiger partial charge on any atom is 0.0839 e. The molecular formula is C25H34N6. The summed E-state index contributed by atoms with van der Waals surface area (Å²) in [4.78, 5) is 24.7. The molecule has 6 heteroatoms. The normalized spacial score (nSPS) is 8.87. The van der Waals surface area contributed by atoms with E-state index in [1.165, 1.54) is 0 Å². The highest BCUT2D eigenvalue weighted by Gasteiger charge is 1.95. The maximum absolute atomic E-state index is 4.21. The lowest BCUT2D eigenvalue weighted by Gasteiger charge is -1.97. The monoisotopic (exact) mass is 418 g/mol. The van der Waals surface area contributed by atoms with E-state index < -0.39 is 0 Å². The van der Waals surface area contributed by atoms with E-state index >= 15 is 0 Å². The van der Waals surface area contributed by atoms with Crippen LogP contribution in [0.1, 0.15) is 59.4 Å². The second-order valence-electron chi connectivity index (χ2n) is 6.16. The molecule has 0 atom stereocenters. The highest BCUT2D eigenvalue weighted by molar-refractivity contribution is 5.44. The van der Waals surface area contributed by atoms with Crippen LogP contribution >= 0.6 is 0 Å². The molecule has 3 aromatic heterocycles. The lowest BCUT2D eigenvalue weighted by atomic mass is 10.3. The van der Waals surface area contributed by atoms with Crippen LogP contribution in [0, 0.1) is 34.6 Å². The van der Waals surface area contributed by atoms with E-state index in [4.69, 9.17) is 0 Å². The zero-order chi connectivity index (χ0) is 23.8. The molecule has 0 unspecified atom stereocenters. The van der Waals surface area contributed by atoms with Crippen LogP contribution in [0.25, 0.3) is 18.2 Å². The Morgan fingerprint density at radius 1 is 0.581 bits per heavy atom. The van der Waals surface area contributed by atoms with Crippen LogP contribution in [0.2, 0.25) is 0 Å². The van der Waals surface area contributed by atoms with Crippen molar-refractivity contribution in [1.82, 2.24) is 29.9 Å². The van der Waals surface area contributed by atoms with Gasteiger partial charge >= 0.3 is 0 Å². The number of hydrogen-bond donors (Lipinski definition) is 0. The molecule has 0 aliphatic heterocycles. The lowest BCUT2D eigenvalue weighted by molar-refractivity contribution is 1.04. The Kier molecular flexibility index (Phi) is 13.6. The average Bonchev–Trinajstić information content (AvgIpc) is 2.78. The smallest absolute Gasteiger partial charge is 0.0839 e. The van der Waals surface area contributed by atoms with Gasteiger partial charge in [-0.3, -0.25) is 29.9 Å². The second-order valence-corrected chi connectivity index (χ2v) is 6.16. The molecule has 31 heavy (non-hydrogen) atoms. The summed E-state index contributed by atoms with van der Waals surface area (Å²) >= 11 is 0. The summed E-state index contributed by atoms with van der Waals surface area (Å²) in [5.41, 5.74) is 7.24. The fourth-order valence-electron chi connectivity index (χ4n) is 2.14. The molecule has 0 aromatic carbocycles. The minimum Gasteiger partial charge on any atom is -0.261 e. The average molecular weight is 419 g/mol. The van der Waals surface area contributed by atoms with Crippen molar-refractivity contribution in [1.29, 1.82) is 0 Å². The van der Waals surface area contributed by atoms with Gasteiger partial charge in [0.25, 0.3) is 0 Å². The quantitative estimate of drug-likeness (QED) is 0.525. The number of aromatic nitrogens is 6. The zero-order valence-electron chi connectivity index (χ0n) is 19.8. The first-order valence-electron chi connectivity index (χ1n) is 10.1. The van der Waals surface area contributed by atoms with Crippen molar-refractivity contribution < 1.29 is 0 Å². The first kappa shape index (κ1) is 27.5. The fraction of sp³-hybridized carbons (Fsp3) is 0.280. The van der Waals surface area contributed by atoms with E-state index in [-0.39, 0.29) is 0 Å². The Morgan fingerprint density at radius 2 is 1.13 bits per heavy atom. The van der Waals surface area contributed by atoms with Crippen molar-refractivity contribution in [2.45, 2.75) is 48.5 Å². The molecule has 0 aliphatic carbocycles. The molecule has 0 aliphatic rings. The first-order valence-corrected chi connectivity index (χ1v) is 10.1. The topological polar surface area (TPSA) is 77.3 Å². The standard InChI is InChI=1S/2C8H10N2.C7H8N2.C2H6/c1-4-8-7(3)10-6(2)5-9-8;1-4-8-7(3)9-5-6(2)10-8;1-3-7-5-8-4-6(2)9-7;1-2/h2*4-5H,1H2,2-3H3;3-5H,1H2,2H3;1-2H3. The molecule has 0 bridgehead atoms. The summed E-state index contributed by atoms with van der Waals surface area (Å²) in [6.45, 7) is 24.4. The molecule has 0 radical (unpaired) electrons. The van der Waals surface area contributed by atoms with Crippen LogP contribution in [-0.2, 0) is 0 Å². The van der Waals surface area contributed by atoms with Crippen molar-refractivity contribution >= 4 is 18.2 Å². The van der Waals surface area contributed by atoms with Gasteiger partial charge in [0.15, 0.2) is 0 Å². The van der Waals surface area contributed by atoms with Gasteiger partial charge in [-0.2, -0.15) is 0 Å². The second kappa shape index (κ2) is 15.3. The summed E-state index contributed by atoms with van der Waals surface area (Å²) in [5, 5.41) is 0. The van der Waals surface area contributed by atoms with E-state index in [1.54, 1.807) is 43.0 Å². The summed E-state index contributed by atoms with van der Waals surface area (Å²) in [6.07, 6.45) is 12.0. The zero-order valence-corrected chi connectivity index (χ0v) is 19.8. The van der Waals surface area contributed by atoms with Crippen molar-refractivity contribution in [2.24, 2.45) is 0 Å². The third-order valence-corrected chi connectivity index (χ3v) is 3.59. The molecule has 164 valence electrons. The number of aryl methyl sites for hydroxylation is 5. The Labute approximate surface area is 187 Å². The van der Waals surface area contributed by atoms with Crippen LogP contribution in [0.4, 0.5) is 0 Å². The van der Waals surface area contributed by atoms with Crippen molar-refractivity contribution in [3.8, 4) is 0 Å². The molecule has 0 fully saturated rings. The molecule has 0 saturated heterocycles. The van der Waals surface area contributed by atoms with E-state index in [2.05, 4.69) is 49.6 Å². The third-order valence-electron chi connectivity index (χ3n) is 3.59. The van der Waals surface area contributed by atoms with Gasteiger partial charge in [0.1, 0.15) is 0 Å². The molecule has 0 amide bonds. The van der Waals surface area contributed by atoms with Crippen LogP contribution < -0.4 is 0 Å². The number of nitrogens with zero attached hydrogens (tertiary/aromatic N) is 6.